The summed E-state index contributed by atoms with van der Waals surface area (Å²) in [5.41, 5.74) is -1.20. The molecule has 1 fully saturated rings. The molecule has 1 amide bonds. The first-order chi connectivity index (χ1) is 14.2. The fourth-order valence-corrected chi connectivity index (χ4v) is 4.59. The Labute approximate surface area is 174 Å². The maximum atomic E-state index is 12.9. The topological polar surface area (TPSA) is 160 Å². The van der Waals surface area contributed by atoms with E-state index in [4.69, 9.17) is 4.74 Å². The number of aliphatic hydroxyl groups is 1. The van der Waals surface area contributed by atoms with Gasteiger partial charge in [-0.25, -0.2) is 4.79 Å². The lowest BCUT2D eigenvalue weighted by Crippen LogP contribution is -2.74. The van der Waals surface area contributed by atoms with Crippen LogP contribution < -0.4 is 0 Å². The zero-order valence-corrected chi connectivity index (χ0v) is 16.5. The van der Waals surface area contributed by atoms with Gasteiger partial charge in [-0.3, -0.25) is 29.6 Å². The number of esters is 1. The van der Waals surface area contributed by atoms with Crippen molar-refractivity contribution in [2.45, 2.75) is 17.8 Å². The fraction of sp³-hybridized carbons (Fsp3) is 0.333. The number of thioether (sulfide) groups is 1. The van der Waals surface area contributed by atoms with Gasteiger partial charge in [0, 0.05) is 36.6 Å². The number of hydrogen-bond acceptors (Lipinski definition) is 9. The highest BCUT2D eigenvalue weighted by Crippen LogP contribution is 2.48. The first-order valence-electron chi connectivity index (χ1n) is 8.65. The predicted molar refractivity (Wildman–Crippen MR) is 105 cm³/mol. The van der Waals surface area contributed by atoms with Crippen molar-refractivity contribution in [3.8, 4) is 0 Å². The first-order valence-corrected chi connectivity index (χ1v) is 9.70. The van der Waals surface area contributed by atoms with Gasteiger partial charge in [-0.15, -0.1) is 11.8 Å². The Kier molecular flexibility index (Phi) is 5.89. The Hall–Kier alpha value is -3.25. The zero-order chi connectivity index (χ0) is 22.1. The number of hydrogen-bond donors (Lipinski definition) is 2. The molecule has 3 rings (SSSR count). The van der Waals surface area contributed by atoms with Gasteiger partial charge in [-0.2, -0.15) is 0 Å². The van der Waals surface area contributed by atoms with Gasteiger partial charge in [0.05, 0.1) is 11.5 Å². The van der Waals surface area contributed by atoms with Crippen molar-refractivity contribution in [2.24, 2.45) is 4.99 Å². The van der Waals surface area contributed by atoms with Crippen LogP contribution in [0.3, 0.4) is 0 Å². The third-order valence-electron chi connectivity index (χ3n) is 4.66. The summed E-state index contributed by atoms with van der Waals surface area (Å²) in [4.78, 5) is 51.1. The molecule has 0 radical (unpaired) electrons. The molecule has 0 spiro atoms. The van der Waals surface area contributed by atoms with Crippen LogP contribution in [0.15, 0.2) is 40.5 Å². The fourth-order valence-electron chi connectivity index (χ4n) is 3.15. The molecule has 2 N–H and O–H groups in total. The number of rotatable bonds is 7. The molecule has 1 aromatic carbocycles. The number of carboxylic acids is 1. The number of carbonyl (C=O) groups excluding carboxylic acids is 2. The molecule has 12 heteroatoms. The Balaban J connectivity index is 1.87. The zero-order valence-electron chi connectivity index (χ0n) is 15.7. The molecular formula is C18H17N3O8S. The van der Waals surface area contributed by atoms with Gasteiger partial charge in [0.25, 0.3) is 11.6 Å². The van der Waals surface area contributed by atoms with E-state index in [9.17, 15) is 34.7 Å². The maximum absolute atomic E-state index is 12.9. The van der Waals surface area contributed by atoms with Crippen LogP contribution in [0.25, 0.3) is 0 Å². The van der Waals surface area contributed by atoms with Gasteiger partial charge in [-0.1, -0.05) is 0 Å². The van der Waals surface area contributed by atoms with E-state index in [1.807, 2.05) is 0 Å². The minimum atomic E-state index is -1.57. The lowest BCUT2D eigenvalue weighted by molar-refractivity contribution is -0.384. The number of aliphatic hydroxyl groups excluding tert-OH is 1. The average Bonchev–Trinajstić information content (AvgIpc) is 2.72. The summed E-state index contributed by atoms with van der Waals surface area (Å²) in [5.74, 6) is -2.44. The molecule has 0 aromatic heterocycles. The van der Waals surface area contributed by atoms with Crippen LogP contribution in [-0.4, -0.2) is 74.0 Å². The summed E-state index contributed by atoms with van der Waals surface area (Å²) < 4.78 is 4.88. The summed E-state index contributed by atoms with van der Waals surface area (Å²) in [5, 5.41) is 29.5. The highest BCUT2D eigenvalue weighted by molar-refractivity contribution is 8.00. The van der Waals surface area contributed by atoms with Gasteiger partial charge in [0.15, 0.2) is 5.54 Å². The lowest BCUT2D eigenvalue weighted by atomic mass is 9.87. The molecule has 2 heterocycles. The molecular weight excluding hydrogens is 418 g/mol. The summed E-state index contributed by atoms with van der Waals surface area (Å²) in [6, 6.07) is 5.45. The SMILES string of the molecule is CC(=O)OCC1=C(C(=O)O)N2C(=O)C(CO)(N=Cc3ccc([N+](=O)[O-])cc3)[C@H]2SC1. The number of aliphatic carboxylic acids is 1. The quantitative estimate of drug-likeness (QED) is 0.205. The number of nitro benzene ring substituents is 1. The number of β-lactam (4-membered cyclic amide) rings is 1. The molecule has 2 atom stereocenters. The van der Waals surface area contributed by atoms with Crippen LogP contribution in [0.1, 0.15) is 12.5 Å². The van der Waals surface area contributed by atoms with Crippen molar-refractivity contribution in [3.63, 3.8) is 0 Å². The van der Waals surface area contributed by atoms with Crippen molar-refractivity contribution < 1.29 is 34.3 Å². The van der Waals surface area contributed by atoms with E-state index in [-0.39, 0.29) is 29.3 Å². The molecule has 0 saturated carbocycles. The number of aliphatic imine (C=N–C) groups is 1. The highest BCUT2D eigenvalue weighted by Gasteiger charge is 2.64. The van der Waals surface area contributed by atoms with Gasteiger partial charge >= 0.3 is 11.9 Å². The number of nitrogens with zero attached hydrogens (tertiary/aromatic N) is 3. The number of ether oxygens (including phenoxy) is 1. The summed E-state index contributed by atoms with van der Waals surface area (Å²) >= 11 is 1.20. The third-order valence-corrected chi connectivity index (χ3v) is 6.10. The molecule has 2 aliphatic rings. The number of carbonyl (C=O) groups is 3. The Bertz CT molecular complexity index is 974. The molecule has 2 aliphatic heterocycles. The number of carboxylic acid groups (broad SMARTS) is 1. The molecule has 11 nitrogen and oxygen atoms in total. The van der Waals surface area contributed by atoms with Crippen LogP contribution in [-0.2, 0) is 19.1 Å². The van der Waals surface area contributed by atoms with E-state index in [0.29, 0.717) is 5.56 Å². The van der Waals surface area contributed by atoms with Crippen molar-refractivity contribution in [1.82, 2.24) is 4.90 Å². The van der Waals surface area contributed by atoms with Gasteiger partial charge in [0.1, 0.15) is 17.7 Å². The van der Waals surface area contributed by atoms with E-state index < -0.39 is 40.3 Å². The minimum Gasteiger partial charge on any atom is -0.477 e. The number of benzene rings is 1. The van der Waals surface area contributed by atoms with E-state index >= 15 is 0 Å². The van der Waals surface area contributed by atoms with Crippen molar-refractivity contribution in [1.29, 1.82) is 0 Å². The second-order valence-electron chi connectivity index (χ2n) is 6.57. The summed E-state index contributed by atoms with van der Waals surface area (Å²) in [6.45, 7) is 0.298. The van der Waals surface area contributed by atoms with Crippen molar-refractivity contribution >= 4 is 41.5 Å². The van der Waals surface area contributed by atoms with E-state index in [1.165, 1.54) is 49.2 Å². The minimum absolute atomic E-state index is 0.103. The number of non-ortho nitro benzene ring substituents is 1. The standard InChI is InChI=1S/C18H17N3O8S/c1-10(23)29-7-12-8-30-17-18(9-22,16(26)20(17)14(12)15(24)25)19-6-11-2-4-13(5-3-11)21(27)28/h2-6,17,22H,7-9H2,1H3,(H,24,25)/t17-,18?/m1/s1. The van der Waals surface area contributed by atoms with E-state index in [2.05, 4.69) is 4.99 Å². The van der Waals surface area contributed by atoms with Crippen molar-refractivity contribution in [3.05, 3.63) is 51.2 Å². The van der Waals surface area contributed by atoms with E-state index in [1.54, 1.807) is 0 Å². The van der Waals surface area contributed by atoms with Crippen LogP contribution in [0.5, 0.6) is 0 Å². The second kappa shape index (κ2) is 8.24. The monoisotopic (exact) mass is 435 g/mol. The molecule has 0 aliphatic carbocycles. The van der Waals surface area contributed by atoms with Crippen LogP contribution in [0, 0.1) is 10.1 Å². The number of fused-ring (bicyclic) bond motifs is 1. The number of amides is 1. The lowest BCUT2D eigenvalue weighted by Gasteiger charge is -2.54. The van der Waals surface area contributed by atoms with Crippen molar-refractivity contribution in [2.75, 3.05) is 19.0 Å². The Morgan fingerprint density at radius 2 is 2.10 bits per heavy atom. The summed E-state index contributed by atoms with van der Waals surface area (Å²) in [7, 11) is 0. The van der Waals surface area contributed by atoms with Crippen LogP contribution in [0.2, 0.25) is 0 Å². The van der Waals surface area contributed by atoms with E-state index in [0.717, 1.165) is 4.90 Å². The maximum Gasteiger partial charge on any atom is 0.352 e. The first kappa shape index (κ1) is 21.5. The smallest absolute Gasteiger partial charge is 0.352 e. The number of nitro groups is 1. The van der Waals surface area contributed by atoms with Crippen LogP contribution in [0.4, 0.5) is 5.69 Å². The third kappa shape index (κ3) is 3.66. The summed E-state index contributed by atoms with van der Waals surface area (Å²) in [6.07, 6.45) is 1.31. The molecule has 1 unspecified atom stereocenters. The largest absolute Gasteiger partial charge is 0.477 e. The Morgan fingerprint density at radius 1 is 1.43 bits per heavy atom. The highest BCUT2D eigenvalue weighted by atomic mass is 32.2. The second-order valence-corrected chi connectivity index (χ2v) is 7.63. The molecule has 158 valence electrons. The molecule has 0 bridgehead atoms. The molecule has 1 saturated heterocycles. The average molecular weight is 435 g/mol. The molecule has 1 aromatic rings. The predicted octanol–water partition coefficient (Wildman–Crippen LogP) is 0.562. The Morgan fingerprint density at radius 3 is 2.63 bits per heavy atom. The van der Waals surface area contributed by atoms with Gasteiger partial charge < -0.3 is 14.9 Å². The van der Waals surface area contributed by atoms with Gasteiger partial charge in [-0.05, 0) is 17.7 Å². The normalized spacial score (nSPS) is 23.2. The molecule has 30 heavy (non-hydrogen) atoms. The van der Waals surface area contributed by atoms with Crippen LogP contribution >= 0.6 is 11.8 Å². The van der Waals surface area contributed by atoms with Gasteiger partial charge in [0.2, 0.25) is 0 Å².